The highest BCUT2D eigenvalue weighted by Crippen LogP contribution is 2.27. The van der Waals surface area contributed by atoms with E-state index < -0.39 is 0 Å². The van der Waals surface area contributed by atoms with Crippen LogP contribution in [0.4, 0.5) is 10.5 Å². The fourth-order valence-corrected chi connectivity index (χ4v) is 4.00. The molecule has 26 heavy (non-hydrogen) atoms. The molecule has 1 N–H and O–H groups in total. The average Bonchev–Trinajstić information content (AvgIpc) is 3.09. The first-order chi connectivity index (χ1) is 12.6. The summed E-state index contributed by atoms with van der Waals surface area (Å²) in [7, 11) is 0. The lowest BCUT2D eigenvalue weighted by Gasteiger charge is -2.49. The molecule has 7 nitrogen and oxygen atoms in total. The first-order valence-corrected chi connectivity index (χ1v) is 9.46. The van der Waals surface area contributed by atoms with Crippen LogP contribution in [0.2, 0.25) is 5.02 Å². The van der Waals surface area contributed by atoms with E-state index in [1.54, 1.807) is 23.1 Å². The summed E-state index contributed by atoms with van der Waals surface area (Å²) in [5, 5.41) is 7.67. The molecule has 0 aliphatic carbocycles. The first-order valence-electron chi connectivity index (χ1n) is 9.08. The van der Waals surface area contributed by atoms with Crippen molar-refractivity contribution in [2.75, 3.05) is 25.0 Å². The molecule has 2 aliphatic rings. The van der Waals surface area contributed by atoms with Crippen molar-refractivity contribution < 1.29 is 4.79 Å². The summed E-state index contributed by atoms with van der Waals surface area (Å²) in [5.41, 5.74) is 1.37. The van der Waals surface area contributed by atoms with Gasteiger partial charge in [-0.3, -0.25) is 4.90 Å². The molecular weight excluding hydrogens is 352 g/mol. The van der Waals surface area contributed by atoms with Crippen LogP contribution in [0.5, 0.6) is 0 Å². The third-order valence-corrected chi connectivity index (χ3v) is 5.57. The van der Waals surface area contributed by atoms with Gasteiger partial charge in [-0.2, -0.15) is 5.10 Å². The predicted molar refractivity (Wildman–Crippen MR) is 101 cm³/mol. The van der Waals surface area contributed by atoms with E-state index in [2.05, 4.69) is 27.2 Å². The normalized spacial score (nSPS) is 21.5. The third kappa shape index (κ3) is 3.41. The number of hydrogen-bond acceptors (Lipinski definition) is 4. The lowest BCUT2D eigenvalue weighted by Crippen LogP contribution is -2.64. The molecule has 0 radical (unpaired) electrons. The van der Waals surface area contributed by atoms with Crippen LogP contribution in [0.25, 0.3) is 5.69 Å². The summed E-state index contributed by atoms with van der Waals surface area (Å²) >= 11 is 6.11. The van der Waals surface area contributed by atoms with Gasteiger partial charge in [0.25, 0.3) is 0 Å². The van der Waals surface area contributed by atoms with E-state index in [1.165, 1.54) is 25.6 Å². The Kier molecular flexibility index (Phi) is 4.82. The maximum Gasteiger partial charge on any atom is 0.322 e. The van der Waals surface area contributed by atoms with E-state index in [1.807, 2.05) is 11.0 Å². The SMILES string of the molecule is C[C@H]1CCCCN1C1CN(C(=O)Nc2cc(Cl)ccc2-n2cncn2)C1. The number of benzene rings is 1. The molecule has 3 heterocycles. The molecule has 2 amide bonds. The number of rotatable bonds is 3. The number of urea groups is 1. The second kappa shape index (κ2) is 7.25. The number of carbonyl (C=O) groups excluding carboxylic acids is 1. The lowest BCUT2D eigenvalue weighted by atomic mass is 9.98. The van der Waals surface area contributed by atoms with Crippen molar-refractivity contribution in [2.45, 2.75) is 38.3 Å². The smallest absolute Gasteiger partial charge is 0.321 e. The molecule has 2 saturated heterocycles. The minimum atomic E-state index is -0.102. The standard InChI is InChI=1S/C18H23ClN6O/c1-13-4-2-3-7-24(13)15-9-23(10-15)18(26)22-16-8-14(19)5-6-17(16)25-12-20-11-21-25/h5-6,8,11-13,15H,2-4,7,9-10H2,1H3,(H,22,26)/t13-/m0/s1. The maximum absolute atomic E-state index is 12.6. The van der Waals surface area contributed by atoms with Gasteiger partial charge in [0, 0.05) is 30.2 Å². The van der Waals surface area contributed by atoms with Crippen molar-refractivity contribution in [3.8, 4) is 5.69 Å². The molecule has 8 heteroatoms. The van der Waals surface area contributed by atoms with E-state index in [0.29, 0.717) is 22.8 Å². The van der Waals surface area contributed by atoms with Gasteiger partial charge >= 0.3 is 6.03 Å². The fourth-order valence-electron chi connectivity index (χ4n) is 3.83. The highest BCUT2D eigenvalue weighted by Gasteiger charge is 2.37. The molecular formula is C18H23ClN6O. The Bertz CT molecular complexity index is 774. The van der Waals surface area contributed by atoms with Crippen molar-refractivity contribution in [3.63, 3.8) is 0 Å². The van der Waals surface area contributed by atoms with E-state index in [-0.39, 0.29) is 6.03 Å². The van der Waals surface area contributed by atoms with Crippen molar-refractivity contribution >= 4 is 23.3 Å². The van der Waals surface area contributed by atoms with Gasteiger partial charge in [0.1, 0.15) is 12.7 Å². The Morgan fingerprint density at radius 2 is 2.15 bits per heavy atom. The number of hydrogen-bond donors (Lipinski definition) is 1. The van der Waals surface area contributed by atoms with Gasteiger partial charge in [-0.05, 0) is 44.5 Å². The van der Waals surface area contributed by atoms with E-state index in [0.717, 1.165) is 25.3 Å². The Labute approximate surface area is 157 Å². The molecule has 1 aromatic heterocycles. The Morgan fingerprint density at radius 1 is 1.31 bits per heavy atom. The minimum absolute atomic E-state index is 0.102. The van der Waals surface area contributed by atoms with E-state index in [9.17, 15) is 4.79 Å². The highest BCUT2D eigenvalue weighted by atomic mass is 35.5. The molecule has 0 saturated carbocycles. The van der Waals surface area contributed by atoms with Crippen LogP contribution >= 0.6 is 11.6 Å². The zero-order valence-corrected chi connectivity index (χ0v) is 15.6. The molecule has 0 spiro atoms. The van der Waals surface area contributed by atoms with Gasteiger partial charge in [0.2, 0.25) is 0 Å². The highest BCUT2D eigenvalue weighted by molar-refractivity contribution is 6.31. The summed E-state index contributed by atoms with van der Waals surface area (Å²) in [5.74, 6) is 0. The van der Waals surface area contributed by atoms with Gasteiger partial charge in [0.05, 0.1) is 11.4 Å². The number of likely N-dealkylation sites (tertiary alicyclic amines) is 2. The molecule has 138 valence electrons. The topological polar surface area (TPSA) is 66.3 Å². The molecule has 1 atom stereocenters. The number of amides is 2. The van der Waals surface area contributed by atoms with Crippen molar-refractivity contribution in [1.29, 1.82) is 0 Å². The van der Waals surface area contributed by atoms with Crippen molar-refractivity contribution in [1.82, 2.24) is 24.6 Å². The van der Waals surface area contributed by atoms with Crippen LogP contribution in [0.15, 0.2) is 30.9 Å². The third-order valence-electron chi connectivity index (χ3n) is 5.34. The van der Waals surface area contributed by atoms with Gasteiger partial charge in [-0.1, -0.05) is 18.0 Å². The summed E-state index contributed by atoms with van der Waals surface area (Å²) in [4.78, 5) is 21.0. The molecule has 2 aromatic rings. The van der Waals surface area contributed by atoms with Crippen LogP contribution in [0.1, 0.15) is 26.2 Å². The Morgan fingerprint density at radius 3 is 2.88 bits per heavy atom. The number of anilines is 1. The second-order valence-corrected chi connectivity index (χ2v) is 7.51. The molecule has 1 aromatic carbocycles. The number of aromatic nitrogens is 3. The van der Waals surface area contributed by atoms with Gasteiger partial charge in [-0.15, -0.1) is 0 Å². The second-order valence-electron chi connectivity index (χ2n) is 7.07. The summed E-state index contributed by atoms with van der Waals surface area (Å²) in [6.07, 6.45) is 6.88. The average molecular weight is 375 g/mol. The predicted octanol–water partition coefficient (Wildman–Crippen LogP) is 3.01. The van der Waals surface area contributed by atoms with Crippen LogP contribution in [0.3, 0.4) is 0 Å². The quantitative estimate of drug-likeness (QED) is 0.896. The van der Waals surface area contributed by atoms with Gasteiger partial charge in [0.15, 0.2) is 0 Å². The summed E-state index contributed by atoms with van der Waals surface area (Å²) in [6.45, 7) is 4.98. The Hall–Kier alpha value is -2.12. The number of carbonyl (C=O) groups is 1. The molecule has 2 aliphatic heterocycles. The minimum Gasteiger partial charge on any atom is -0.321 e. The van der Waals surface area contributed by atoms with E-state index >= 15 is 0 Å². The van der Waals surface area contributed by atoms with Crippen LogP contribution < -0.4 is 5.32 Å². The van der Waals surface area contributed by atoms with Gasteiger partial charge < -0.3 is 10.2 Å². The molecule has 4 rings (SSSR count). The van der Waals surface area contributed by atoms with E-state index in [4.69, 9.17) is 11.6 Å². The zero-order chi connectivity index (χ0) is 18.1. The number of nitrogens with one attached hydrogen (secondary N) is 1. The largest absolute Gasteiger partial charge is 0.322 e. The van der Waals surface area contributed by atoms with Crippen LogP contribution in [0, 0.1) is 0 Å². The van der Waals surface area contributed by atoms with Crippen LogP contribution in [-0.4, -0.2) is 62.3 Å². The summed E-state index contributed by atoms with van der Waals surface area (Å²) < 4.78 is 1.61. The van der Waals surface area contributed by atoms with Crippen LogP contribution in [-0.2, 0) is 0 Å². The summed E-state index contributed by atoms with van der Waals surface area (Å²) in [6, 6.07) is 6.32. The lowest BCUT2D eigenvalue weighted by molar-refractivity contribution is 0.0199. The first kappa shape index (κ1) is 17.3. The Balaban J connectivity index is 1.41. The van der Waals surface area contributed by atoms with Crippen molar-refractivity contribution in [3.05, 3.63) is 35.9 Å². The molecule has 0 bridgehead atoms. The monoisotopic (exact) mass is 374 g/mol. The van der Waals surface area contributed by atoms with Crippen molar-refractivity contribution in [2.24, 2.45) is 0 Å². The van der Waals surface area contributed by atoms with Gasteiger partial charge in [-0.25, -0.2) is 14.5 Å². The number of halogens is 1. The molecule has 0 unspecified atom stereocenters. The number of nitrogens with zero attached hydrogens (tertiary/aromatic N) is 5. The maximum atomic E-state index is 12.6. The fraction of sp³-hybridized carbons (Fsp3) is 0.500. The molecule has 2 fully saturated rings. The number of piperidine rings is 1. The zero-order valence-electron chi connectivity index (χ0n) is 14.8.